The summed E-state index contributed by atoms with van der Waals surface area (Å²) in [4.78, 5) is 0. The molecule has 25 heavy (non-hydrogen) atoms. The van der Waals surface area contributed by atoms with Gasteiger partial charge in [-0.2, -0.15) is 34.4 Å². The van der Waals surface area contributed by atoms with Crippen LogP contribution in [0.5, 0.6) is 0 Å². The van der Waals surface area contributed by atoms with E-state index in [2.05, 4.69) is 64.1 Å². The van der Waals surface area contributed by atoms with Crippen LogP contribution in [-0.4, -0.2) is 38.5 Å². The summed E-state index contributed by atoms with van der Waals surface area (Å²) in [5.41, 5.74) is 5.56. The van der Waals surface area contributed by atoms with E-state index in [1.807, 2.05) is 0 Å². The van der Waals surface area contributed by atoms with Crippen LogP contribution >= 0.6 is 0 Å². The molecule has 0 atom stereocenters. The van der Waals surface area contributed by atoms with E-state index in [1.54, 1.807) is 0 Å². The fourth-order valence-electron chi connectivity index (χ4n) is 1.20. The maximum absolute atomic E-state index is 9.08. The van der Waals surface area contributed by atoms with Crippen LogP contribution in [-0.2, 0) is 46.4 Å². The quantitative estimate of drug-likeness (QED) is 0.434. The largest absolute Gasteiger partial charge is 4.00 e. The van der Waals surface area contributed by atoms with Crippen LogP contribution in [0.2, 0.25) is 0 Å². The summed E-state index contributed by atoms with van der Waals surface area (Å²) in [6.07, 6.45) is 1.21. The zero-order valence-corrected chi connectivity index (χ0v) is 19.3. The average molecular weight is 468 g/mol. The zero-order valence-electron chi connectivity index (χ0n) is 15.2. The normalized spacial score (nSPS) is 9.92. The van der Waals surface area contributed by atoms with Crippen molar-refractivity contribution >= 4 is 20.2 Å². The van der Waals surface area contributed by atoms with Crippen molar-refractivity contribution in [1.29, 1.82) is 0 Å². The van der Waals surface area contributed by atoms with Gasteiger partial charge in [0, 0.05) is 12.5 Å². The van der Waals surface area contributed by atoms with Crippen molar-refractivity contribution in [2.75, 3.05) is 12.5 Å². The topological polar surface area (TPSA) is 114 Å². The molecule has 0 aliphatic heterocycles. The third kappa shape index (κ3) is 28.5. The molecule has 0 spiro atoms. The second-order valence-corrected chi connectivity index (χ2v) is 8.01. The van der Waals surface area contributed by atoms with Crippen LogP contribution in [0.25, 0.3) is 0 Å². The number of hydrogen-bond donors (Lipinski definition) is 0. The number of rotatable bonds is 0. The fourth-order valence-corrected chi connectivity index (χ4v) is 1.20. The van der Waals surface area contributed by atoms with E-state index in [-0.39, 0.29) is 26.2 Å². The first-order valence-electron chi connectivity index (χ1n) is 6.80. The summed E-state index contributed by atoms with van der Waals surface area (Å²) >= 11 is 0. The minimum absolute atomic E-state index is 0. The van der Waals surface area contributed by atoms with E-state index in [9.17, 15) is 0 Å². The summed E-state index contributed by atoms with van der Waals surface area (Å²) in [5.74, 6) is 0. The molecule has 0 N–H and O–H groups in total. The second-order valence-electron chi connectivity index (χ2n) is 5.19. The fraction of sp³-hybridized carbons (Fsp3) is 0.375. The molecule has 0 aromatic heterocycles. The Morgan fingerprint density at radius 2 is 0.960 bits per heavy atom. The second kappa shape index (κ2) is 13.6. The molecule has 2 aromatic carbocycles. The van der Waals surface area contributed by atoms with Crippen molar-refractivity contribution in [3.8, 4) is 0 Å². The molecule has 0 bridgehead atoms. The molecule has 0 aliphatic rings. The van der Waals surface area contributed by atoms with Crippen LogP contribution in [0, 0.1) is 27.7 Å². The monoisotopic (exact) mass is 466 g/mol. The zero-order chi connectivity index (χ0) is 19.6. The van der Waals surface area contributed by atoms with E-state index < -0.39 is 20.2 Å². The summed E-state index contributed by atoms with van der Waals surface area (Å²) in [6, 6.07) is 12.6. The van der Waals surface area contributed by atoms with Gasteiger partial charge in [0.05, 0.1) is 20.2 Å². The van der Waals surface area contributed by atoms with Gasteiger partial charge >= 0.3 is 26.2 Å². The van der Waals surface area contributed by atoms with Crippen LogP contribution < -0.4 is 0 Å². The Morgan fingerprint density at radius 1 is 0.760 bits per heavy atom. The van der Waals surface area contributed by atoms with Crippen LogP contribution in [0.1, 0.15) is 22.3 Å². The summed E-state index contributed by atoms with van der Waals surface area (Å²) in [5, 5.41) is 0. The van der Waals surface area contributed by atoms with Crippen LogP contribution in [0.15, 0.2) is 36.4 Å². The van der Waals surface area contributed by atoms with Crippen LogP contribution in [0.4, 0.5) is 0 Å². The Labute approximate surface area is 170 Å². The van der Waals surface area contributed by atoms with E-state index in [0.29, 0.717) is 12.5 Å². The first-order chi connectivity index (χ1) is 10.6. The minimum atomic E-state index is -3.92. The molecule has 140 valence electrons. The van der Waals surface area contributed by atoms with Gasteiger partial charge in [0.15, 0.2) is 0 Å². The van der Waals surface area contributed by atoms with Gasteiger partial charge in [-0.05, 0) is 0 Å². The van der Waals surface area contributed by atoms with Crippen molar-refractivity contribution < 1.29 is 52.1 Å². The molecule has 6 nitrogen and oxygen atoms in total. The van der Waals surface area contributed by atoms with Crippen molar-refractivity contribution in [3.05, 3.63) is 58.7 Å². The smallest absolute Gasteiger partial charge is 0.748 e. The van der Waals surface area contributed by atoms with Gasteiger partial charge in [-0.3, -0.25) is 0 Å². The maximum Gasteiger partial charge on any atom is 4.00 e. The predicted octanol–water partition coefficient (Wildman–Crippen LogP) is 2.36. The van der Waals surface area contributed by atoms with E-state index in [4.69, 9.17) is 25.9 Å². The third-order valence-corrected chi connectivity index (χ3v) is 2.63. The van der Waals surface area contributed by atoms with Crippen LogP contribution in [0.3, 0.4) is 0 Å². The van der Waals surface area contributed by atoms with E-state index in [1.165, 1.54) is 22.3 Å². The van der Waals surface area contributed by atoms with Gasteiger partial charge in [0.1, 0.15) is 0 Å². The molecule has 2 rings (SSSR count). The number of aryl methyl sites for hydroxylation is 4. The molecular weight excluding hydrogens is 444 g/mol. The molecule has 0 radical (unpaired) electrons. The molecule has 2 aromatic rings. The Morgan fingerprint density at radius 3 is 1.00 bits per heavy atom. The predicted molar refractivity (Wildman–Crippen MR) is 94.3 cm³/mol. The molecule has 9 heteroatoms. The molecular formula is C16H24O6S2Zr. The maximum atomic E-state index is 9.08. The molecule has 0 heterocycles. The van der Waals surface area contributed by atoms with Crippen molar-refractivity contribution in [3.63, 3.8) is 0 Å². The van der Waals surface area contributed by atoms with Gasteiger partial charge in [0.2, 0.25) is 0 Å². The molecule has 0 saturated heterocycles. The summed E-state index contributed by atoms with van der Waals surface area (Å²) in [6.45, 7) is 8.48. The van der Waals surface area contributed by atoms with E-state index in [0.717, 1.165) is 0 Å². The minimum Gasteiger partial charge on any atom is -0.748 e. The Kier molecular flexibility index (Phi) is 15.9. The van der Waals surface area contributed by atoms with E-state index >= 15 is 0 Å². The Bertz CT molecular complexity index is 669. The van der Waals surface area contributed by atoms with Gasteiger partial charge in [-0.25, -0.2) is 41.1 Å². The molecule has 0 saturated carbocycles. The standard InChI is InChI=1S/2C7H9.2CH4O3S.Zr/c2*1-6-4-3-5-7(6)2;2*1-5(2,3)4;/h2*3-5H,1-2H3;2*1H3,(H,2,3,4);/q2*-1;;;+4/p-2. The Hall–Kier alpha value is -0.597. The third-order valence-electron chi connectivity index (χ3n) is 2.63. The first-order valence-corrected chi connectivity index (χ1v) is 10.4. The summed E-state index contributed by atoms with van der Waals surface area (Å²) in [7, 11) is -7.83. The van der Waals surface area contributed by atoms with Crippen molar-refractivity contribution in [1.82, 2.24) is 0 Å². The summed E-state index contributed by atoms with van der Waals surface area (Å²) < 4.78 is 54.5. The SMILES string of the molecule is CS(=O)(=O)[O-].CS(=O)(=O)[O-].Cc1ccc[c-]1C.Cc1ccc[c-]1C.[Zr+4]. The van der Waals surface area contributed by atoms with Gasteiger partial charge < -0.3 is 9.11 Å². The van der Waals surface area contributed by atoms with Gasteiger partial charge in [0.25, 0.3) is 0 Å². The number of hydrogen-bond acceptors (Lipinski definition) is 6. The molecule has 0 unspecified atom stereocenters. The molecule has 0 aliphatic carbocycles. The molecule has 0 amide bonds. The van der Waals surface area contributed by atoms with Gasteiger partial charge in [-0.15, -0.1) is 0 Å². The van der Waals surface area contributed by atoms with Crippen molar-refractivity contribution in [2.24, 2.45) is 0 Å². The van der Waals surface area contributed by atoms with Crippen molar-refractivity contribution in [2.45, 2.75) is 27.7 Å². The molecule has 0 fully saturated rings. The Balaban J connectivity index is -0.000000259. The average Bonchev–Trinajstić information content (AvgIpc) is 2.86. The first kappa shape index (κ1) is 29.2. The van der Waals surface area contributed by atoms with Gasteiger partial charge in [-0.1, -0.05) is 27.7 Å².